The van der Waals surface area contributed by atoms with Crippen LogP contribution < -0.4 is 10.1 Å². The number of para-hydroxylation sites is 1. The van der Waals surface area contributed by atoms with E-state index in [-0.39, 0.29) is 0 Å². The van der Waals surface area contributed by atoms with Gasteiger partial charge in [-0.3, -0.25) is 0 Å². The first-order valence-electron chi connectivity index (χ1n) is 6.48. The summed E-state index contributed by atoms with van der Waals surface area (Å²) in [5.74, 6) is 0.926. The van der Waals surface area contributed by atoms with Crippen molar-refractivity contribution < 1.29 is 9.47 Å². The second-order valence-electron chi connectivity index (χ2n) is 3.93. The topological polar surface area (TPSA) is 30.5 Å². The Hall–Kier alpha value is -1.32. The minimum atomic E-state index is 0.543. The molecule has 0 fully saturated rings. The summed E-state index contributed by atoms with van der Waals surface area (Å²) < 4.78 is 10.9. The number of nitrogens with one attached hydrogen (secondary N) is 1. The smallest absolute Gasteiger partial charge is 0.124 e. The van der Waals surface area contributed by atoms with E-state index in [4.69, 9.17) is 9.47 Å². The van der Waals surface area contributed by atoms with Gasteiger partial charge in [-0.1, -0.05) is 30.9 Å². The molecule has 0 bridgehead atoms. The highest BCUT2D eigenvalue weighted by atomic mass is 16.5. The molecule has 18 heavy (non-hydrogen) atoms. The highest BCUT2D eigenvalue weighted by molar-refractivity contribution is 5.33. The Kier molecular flexibility index (Phi) is 7.93. The van der Waals surface area contributed by atoms with E-state index >= 15 is 0 Å². The standard InChI is InChI=1S/C15H23NO2/c1-3-11-18-15-9-6-5-8-14(15)13-16-10-7-12-17-4-2/h3,5-6,8-9,16H,1,4,7,10-13H2,2H3. The number of rotatable bonds is 10. The zero-order valence-electron chi connectivity index (χ0n) is 11.2. The largest absolute Gasteiger partial charge is 0.489 e. The Labute approximate surface area is 110 Å². The first-order valence-corrected chi connectivity index (χ1v) is 6.48. The van der Waals surface area contributed by atoms with Crippen molar-refractivity contribution in [1.29, 1.82) is 0 Å². The van der Waals surface area contributed by atoms with Gasteiger partial charge in [-0.25, -0.2) is 0 Å². The van der Waals surface area contributed by atoms with Gasteiger partial charge in [-0.05, 0) is 26.0 Å². The fraction of sp³-hybridized carbons (Fsp3) is 0.467. The van der Waals surface area contributed by atoms with Crippen molar-refractivity contribution in [2.45, 2.75) is 19.9 Å². The van der Waals surface area contributed by atoms with Gasteiger partial charge in [0.15, 0.2) is 0 Å². The second-order valence-corrected chi connectivity index (χ2v) is 3.93. The van der Waals surface area contributed by atoms with Gasteiger partial charge in [-0.15, -0.1) is 0 Å². The van der Waals surface area contributed by atoms with Crippen molar-refractivity contribution in [2.75, 3.05) is 26.4 Å². The zero-order chi connectivity index (χ0) is 13.1. The molecule has 0 atom stereocenters. The van der Waals surface area contributed by atoms with E-state index in [0.29, 0.717) is 6.61 Å². The molecule has 1 rings (SSSR count). The summed E-state index contributed by atoms with van der Waals surface area (Å²) in [6.45, 7) is 9.59. The van der Waals surface area contributed by atoms with Crippen LogP contribution in [0.25, 0.3) is 0 Å². The summed E-state index contributed by atoms with van der Waals surface area (Å²) in [5, 5.41) is 3.39. The van der Waals surface area contributed by atoms with Crippen molar-refractivity contribution in [1.82, 2.24) is 5.32 Å². The highest BCUT2D eigenvalue weighted by Crippen LogP contribution is 2.17. The van der Waals surface area contributed by atoms with Gasteiger partial charge in [0, 0.05) is 25.3 Å². The number of benzene rings is 1. The molecule has 0 heterocycles. The lowest BCUT2D eigenvalue weighted by Gasteiger charge is -2.11. The average molecular weight is 249 g/mol. The van der Waals surface area contributed by atoms with Gasteiger partial charge < -0.3 is 14.8 Å². The van der Waals surface area contributed by atoms with Crippen LogP contribution in [0.2, 0.25) is 0 Å². The van der Waals surface area contributed by atoms with Crippen LogP contribution in [-0.2, 0) is 11.3 Å². The van der Waals surface area contributed by atoms with E-state index in [9.17, 15) is 0 Å². The molecule has 1 aromatic rings. The van der Waals surface area contributed by atoms with E-state index in [1.165, 1.54) is 5.56 Å². The molecular formula is C15H23NO2. The van der Waals surface area contributed by atoms with Crippen LogP contribution >= 0.6 is 0 Å². The molecule has 0 saturated carbocycles. The van der Waals surface area contributed by atoms with E-state index in [2.05, 4.69) is 18.0 Å². The van der Waals surface area contributed by atoms with Crippen LogP contribution in [0.3, 0.4) is 0 Å². The summed E-state index contributed by atoms with van der Waals surface area (Å²) in [4.78, 5) is 0. The molecular weight excluding hydrogens is 226 g/mol. The number of ether oxygens (including phenoxy) is 2. The molecule has 100 valence electrons. The van der Waals surface area contributed by atoms with Crippen LogP contribution in [-0.4, -0.2) is 26.4 Å². The molecule has 0 radical (unpaired) electrons. The third kappa shape index (κ3) is 5.84. The monoisotopic (exact) mass is 249 g/mol. The predicted octanol–water partition coefficient (Wildman–Crippen LogP) is 2.77. The summed E-state index contributed by atoms with van der Waals surface area (Å²) in [6.07, 6.45) is 2.79. The summed E-state index contributed by atoms with van der Waals surface area (Å²) in [5.41, 5.74) is 1.18. The highest BCUT2D eigenvalue weighted by Gasteiger charge is 2.01. The lowest BCUT2D eigenvalue weighted by Crippen LogP contribution is -2.17. The lowest BCUT2D eigenvalue weighted by molar-refractivity contribution is 0.144. The Balaban J connectivity index is 2.29. The number of hydrogen-bond acceptors (Lipinski definition) is 3. The van der Waals surface area contributed by atoms with Gasteiger partial charge in [0.1, 0.15) is 12.4 Å². The Morgan fingerprint density at radius 1 is 1.33 bits per heavy atom. The van der Waals surface area contributed by atoms with Crippen LogP contribution in [0.15, 0.2) is 36.9 Å². The average Bonchev–Trinajstić information content (AvgIpc) is 2.41. The molecule has 0 aliphatic carbocycles. The molecule has 0 amide bonds. The molecule has 1 N–H and O–H groups in total. The van der Waals surface area contributed by atoms with Crippen molar-refractivity contribution in [3.8, 4) is 5.75 Å². The van der Waals surface area contributed by atoms with E-state index in [1.54, 1.807) is 6.08 Å². The number of hydrogen-bond donors (Lipinski definition) is 1. The maximum atomic E-state index is 5.60. The third-order valence-corrected chi connectivity index (χ3v) is 2.49. The van der Waals surface area contributed by atoms with Gasteiger partial charge >= 0.3 is 0 Å². The fourth-order valence-electron chi connectivity index (χ4n) is 1.61. The maximum Gasteiger partial charge on any atom is 0.124 e. The zero-order valence-corrected chi connectivity index (χ0v) is 11.2. The molecule has 0 aromatic heterocycles. The molecule has 0 aliphatic heterocycles. The first kappa shape index (κ1) is 14.7. The third-order valence-electron chi connectivity index (χ3n) is 2.49. The van der Waals surface area contributed by atoms with Crippen molar-refractivity contribution >= 4 is 0 Å². The molecule has 0 aliphatic rings. The minimum Gasteiger partial charge on any atom is -0.489 e. The molecule has 3 heteroatoms. The van der Waals surface area contributed by atoms with Gasteiger partial charge in [0.2, 0.25) is 0 Å². The Morgan fingerprint density at radius 3 is 2.94 bits per heavy atom. The molecule has 0 unspecified atom stereocenters. The predicted molar refractivity (Wildman–Crippen MR) is 75.0 cm³/mol. The Bertz CT molecular complexity index is 339. The SMILES string of the molecule is C=CCOc1ccccc1CNCCCOCC. The maximum absolute atomic E-state index is 5.60. The summed E-state index contributed by atoms with van der Waals surface area (Å²) in [6, 6.07) is 8.07. The van der Waals surface area contributed by atoms with Crippen LogP contribution in [0.5, 0.6) is 5.75 Å². The first-order chi connectivity index (χ1) is 8.88. The van der Waals surface area contributed by atoms with Crippen LogP contribution in [0, 0.1) is 0 Å². The molecule has 1 aromatic carbocycles. The van der Waals surface area contributed by atoms with Gasteiger partial charge in [-0.2, -0.15) is 0 Å². The van der Waals surface area contributed by atoms with Crippen molar-refractivity contribution in [2.24, 2.45) is 0 Å². The van der Waals surface area contributed by atoms with Crippen molar-refractivity contribution in [3.05, 3.63) is 42.5 Å². The minimum absolute atomic E-state index is 0.543. The Morgan fingerprint density at radius 2 is 2.17 bits per heavy atom. The van der Waals surface area contributed by atoms with Crippen LogP contribution in [0.1, 0.15) is 18.9 Å². The van der Waals surface area contributed by atoms with Crippen molar-refractivity contribution in [3.63, 3.8) is 0 Å². The molecule has 0 saturated heterocycles. The summed E-state index contributed by atoms with van der Waals surface area (Å²) >= 11 is 0. The van der Waals surface area contributed by atoms with Gasteiger partial charge in [0.05, 0.1) is 0 Å². The van der Waals surface area contributed by atoms with E-state index in [1.807, 2.05) is 25.1 Å². The van der Waals surface area contributed by atoms with E-state index < -0.39 is 0 Å². The second kappa shape index (κ2) is 9.68. The quantitative estimate of drug-likeness (QED) is 0.511. The van der Waals surface area contributed by atoms with Crippen LogP contribution in [0.4, 0.5) is 0 Å². The summed E-state index contributed by atoms with van der Waals surface area (Å²) in [7, 11) is 0. The van der Waals surface area contributed by atoms with Gasteiger partial charge in [0.25, 0.3) is 0 Å². The lowest BCUT2D eigenvalue weighted by atomic mass is 10.2. The normalized spacial score (nSPS) is 10.3. The van der Waals surface area contributed by atoms with E-state index in [0.717, 1.165) is 38.5 Å². The molecule has 3 nitrogen and oxygen atoms in total. The molecule has 0 spiro atoms. The fourth-order valence-corrected chi connectivity index (χ4v) is 1.61.